The molecular formula is C6H13ClN2O. The minimum absolute atomic E-state index is 0. The number of carbonyl (C=O) groups is 1. The second-order valence-electron chi connectivity index (χ2n) is 2.32. The molecule has 1 saturated heterocycles. The van der Waals surface area contributed by atoms with Gasteiger partial charge in [-0.05, 0) is 19.9 Å². The highest BCUT2D eigenvalue weighted by molar-refractivity contribution is 5.85. The van der Waals surface area contributed by atoms with E-state index in [0.717, 1.165) is 19.5 Å². The smallest absolute Gasteiger partial charge is 0.236 e. The number of hydrogen-bond donors (Lipinski definition) is 2. The molecule has 1 amide bonds. The van der Waals surface area contributed by atoms with E-state index in [4.69, 9.17) is 0 Å². The van der Waals surface area contributed by atoms with Gasteiger partial charge in [0.05, 0.1) is 6.04 Å². The van der Waals surface area contributed by atoms with Gasteiger partial charge in [-0.25, -0.2) is 0 Å². The van der Waals surface area contributed by atoms with Gasteiger partial charge in [0.25, 0.3) is 0 Å². The molecule has 0 aromatic rings. The van der Waals surface area contributed by atoms with E-state index in [1.165, 1.54) is 0 Å². The first-order chi connectivity index (χ1) is 4.30. The summed E-state index contributed by atoms with van der Waals surface area (Å²) in [5.41, 5.74) is 0. The highest BCUT2D eigenvalue weighted by atomic mass is 35.5. The maximum atomic E-state index is 10.8. The van der Waals surface area contributed by atoms with Crippen molar-refractivity contribution in [1.29, 1.82) is 0 Å². The van der Waals surface area contributed by atoms with Crippen LogP contribution in [0.3, 0.4) is 0 Å². The van der Waals surface area contributed by atoms with E-state index in [1.807, 2.05) is 6.92 Å². The third-order valence-corrected chi connectivity index (χ3v) is 1.50. The van der Waals surface area contributed by atoms with Crippen LogP contribution in [0.4, 0.5) is 0 Å². The average molecular weight is 165 g/mol. The molecule has 1 rings (SSSR count). The summed E-state index contributed by atoms with van der Waals surface area (Å²) in [7, 11) is 0. The highest BCUT2D eigenvalue weighted by Gasteiger charge is 2.13. The van der Waals surface area contributed by atoms with E-state index < -0.39 is 0 Å². The van der Waals surface area contributed by atoms with Crippen LogP contribution in [0.1, 0.15) is 13.3 Å². The van der Waals surface area contributed by atoms with Crippen molar-refractivity contribution in [2.75, 3.05) is 13.1 Å². The molecule has 1 aliphatic rings. The summed E-state index contributed by atoms with van der Waals surface area (Å²) in [6.45, 7) is 3.64. The molecule has 1 heterocycles. The van der Waals surface area contributed by atoms with E-state index in [9.17, 15) is 4.79 Å². The second kappa shape index (κ2) is 4.52. The van der Waals surface area contributed by atoms with Crippen LogP contribution in [0.5, 0.6) is 0 Å². The summed E-state index contributed by atoms with van der Waals surface area (Å²) in [5, 5.41) is 5.88. The van der Waals surface area contributed by atoms with Gasteiger partial charge in [-0.2, -0.15) is 0 Å². The van der Waals surface area contributed by atoms with Crippen molar-refractivity contribution in [2.45, 2.75) is 19.4 Å². The number of halogens is 1. The van der Waals surface area contributed by atoms with Gasteiger partial charge < -0.3 is 10.6 Å². The summed E-state index contributed by atoms with van der Waals surface area (Å²) in [6, 6.07) is -0.00694. The lowest BCUT2D eigenvalue weighted by molar-refractivity contribution is -0.122. The Hall–Kier alpha value is -0.280. The summed E-state index contributed by atoms with van der Waals surface area (Å²) in [6.07, 6.45) is 1.04. The van der Waals surface area contributed by atoms with Gasteiger partial charge in [0.1, 0.15) is 0 Å². The maximum Gasteiger partial charge on any atom is 0.236 e. The van der Waals surface area contributed by atoms with E-state index in [0.29, 0.717) is 0 Å². The Bertz CT molecular complexity index is 118. The van der Waals surface area contributed by atoms with E-state index in [1.54, 1.807) is 0 Å². The molecule has 4 heteroatoms. The molecule has 10 heavy (non-hydrogen) atoms. The number of hydrogen-bond acceptors (Lipinski definition) is 2. The fraction of sp³-hybridized carbons (Fsp3) is 0.833. The van der Waals surface area contributed by atoms with Crippen LogP contribution >= 0.6 is 12.4 Å². The Morgan fingerprint density at radius 2 is 2.20 bits per heavy atom. The standard InChI is InChI=1S/C6H12N2O.ClH/c1-5-6(9)8-4-2-3-7-5;/h5,7H,2-4H2,1H3,(H,8,9);1H/t5-;/m0./s1. The van der Waals surface area contributed by atoms with Crippen LogP contribution in [-0.4, -0.2) is 25.0 Å². The zero-order valence-corrected chi connectivity index (χ0v) is 6.83. The predicted octanol–water partition coefficient (Wildman–Crippen LogP) is -0.0938. The molecule has 0 aromatic heterocycles. The first-order valence-electron chi connectivity index (χ1n) is 3.32. The third kappa shape index (κ3) is 2.54. The van der Waals surface area contributed by atoms with Crippen LogP contribution in [0, 0.1) is 0 Å². The molecule has 1 aliphatic heterocycles. The minimum Gasteiger partial charge on any atom is -0.355 e. The second-order valence-corrected chi connectivity index (χ2v) is 2.32. The van der Waals surface area contributed by atoms with Crippen molar-refractivity contribution in [3.05, 3.63) is 0 Å². The van der Waals surface area contributed by atoms with Gasteiger partial charge in [0.2, 0.25) is 5.91 Å². The fourth-order valence-corrected chi connectivity index (χ4v) is 0.864. The topological polar surface area (TPSA) is 41.1 Å². The SMILES string of the molecule is C[C@@H]1NCCCNC1=O.Cl. The van der Waals surface area contributed by atoms with Gasteiger partial charge in [-0.15, -0.1) is 12.4 Å². The molecule has 0 aromatic carbocycles. The fourth-order valence-electron chi connectivity index (χ4n) is 0.864. The molecule has 0 aliphatic carbocycles. The quantitative estimate of drug-likeness (QED) is 0.526. The molecule has 3 nitrogen and oxygen atoms in total. The Labute approximate surface area is 67.0 Å². The zero-order valence-electron chi connectivity index (χ0n) is 6.02. The average Bonchev–Trinajstić information content (AvgIpc) is 1.99. The van der Waals surface area contributed by atoms with Crippen LogP contribution in [0.2, 0.25) is 0 Å². The molecule has 0 radical (unpaired) electrons. The van der Waals surface area contributed by atoms with Crippen molar-refractivity contribution >= 4 is 18.3 Å². The lowest BCUT2D eigenvalue weighted by Gasteiger charge is -2.05. The summed E-state index contributed by atoms with van der Waals surface area (Å²) >= 11 is 0. The Kier molecular flexibility index (Phi) is 4.40. The molecule has 0 spiro atoms. The summed E-state index contributed by atoms with van der Waals surface area (Å²) in [5.74, 6) is 0.118. The lowest BCUT2D eigenvalue weighted by Crippen LogP contribution is -2.38. The van der Waals surface area contributed by atoms with E-state index >= 15 is 0 Å². The number of amides is 1. The molecule has 1 atom stereocenters. The monoisotopic (exact) mass is 164 g/mol. The van der Waals surface area contributed by atoms with Crippen LogP contribution < -0.4 is 10.6 Å². The summed E-state index contributed by atoms with van der Waals surface area (Å²) < 4.78 is 0. The van der Waals surface area contributed by atoms with Gasteiger partial charge in [0.15, 0.2) is 0 Å². The number of rotatable bonds is 0. The molecule has 60 valence electrons. The van der Waals surface area contributed by atoms with Gasteiger partial charge >= 0.3 is 0 Å². The Balaban J connectivity index is 0.000000810. The normalized spacial score (nSPS) is 26.1. The first kappa shape index (κ1) is 9.72. The van der Waals surface area contributed by atoms with Crippen LogP contribution in [-0.2, 0) is 4.79 Å². The molecular weight excluding hydrogens is 152 g/mol. The molecule has 0 bridgehead atoms. The minimum atomic E-state index is -0.00694. The largest absolute Gasteiger partial charge is 0.355 e. The molecule has 0 unspecified atom stereocenters. The predicted molar refractivity (Wildman–Crippen MR) is 42.3 cm³/mol. The molecule has 0 saturated carbocycles. The maximum absolute atomic E-state index is 10.8. The Morgan fingerprint density at radius 3 is 2.90 bits per heavy atom. The number of nitrogens with one attached hydrogen (secondary N) is 2. The first-order valence-corrected chi connectivity index (χ1v) is 3.32. The summed E-state index contributed by atoms with van der Waals surface area (Å²) in [4.78, 5) is 10.8. The van der Waals surface area contributed by atoms with E-state index in [2.05, 4.69) is 10.6 Å². The van der Waals surface area contributed by atoms with Gasteiger partial charge in [0, 0.05) is 6.54 Å². The van der Waals surface area contributed by atoms with Gasteiger partial charge in [-0.1, -0.05) is 0 Å². The molecule has 2 N–H and O–H groups in total. The highest BCUT2D eigenvalue weighted by Crippen LogP contribution is 1.87. The molecule has 1 fully saturated rings. The Morgan fingerprint density at radius 1 is 1.50 bits per heavy atom. The van der Waals surface area contributed by atoms with Crippen LogP contribution in [0.25, 0.3) is 0 Å². The zero-order chi connectivity index (χ0) is 6.69. The van der Waals surface area contributed by atoms with E-state index in [-0.39, 0.29) is 24.4 Å². The van der Waals surface area contributed by atoms with Gasteiger partial charge in [-0.3, -0.25) is 4.79 Å². The van der Waals surface area contributed by atoms with Crippen LogP contribution in [0.15, 0.2) is 0 Å². The van der Waals surface area contributed by atoms with Crippen molar-refractivity contribution in [2.24, 2.45) is 0 Å². The van der Waals surface area contributed by atoms with Crippen molar-refractivity contribution in [3.63, 3.8) is 0 Å². The lowest BCUT2D eigenvalue weighted by atomic mass is 10.3. The third-order valence-electron chi connectivity index (χ3n) is 1.50. The van der Waals surface area contributed by atoms with Crippen molar-refractivity contribution in [3.8, 4) is 0 Å². The van der Waals surface area contributed by atoms with Crippen molar-refractivity contribution in [1.82, 2.24) is 10.6 Å². The number of carbonyl (C=O) groups excluding carboxylic acids is 1. The van der Waals surface area contributed by atoms with Crippen molar-refractivity contribution < 1.29 is 4.79 Å².